The van der Waals surface area contributed by atoms with E-state index in [1.807, 2.05) is 24.8 Å². The summed E-state index contributed by atoms with van der Waals surface area (Å²) >= 11 is 1.87. The van der Waals surface area contributed by atoms with Crippen LogP contribution in [0.1, 0.15) is 6.92 Å². The molecular weight excluding hydrogens is 218 g/mol. The quantitative estimate of drug-likeness (QED) is 0.788. The summed E-state index contributed by atoms with van der Waals surface area (Å²) in [7, 11) is 0. The van der Waals surface area contributed by atoms with Crippen LogP contribution in [0, 0.1) is 0 Å². The van der Waals surface area contributed by atoms with E-state index < -0.39 is 0 Å². The molecule has 0 radical (unpaired) electrons. The van der Waals surface area contributed by atoms with Crippen LogP contribution in [-0.2, 0) is 6.54 Å². The topological polar surface area (TPSA) is 14.2 Å². The van der Waals surface area contributed by atoms with Crippen LogP contribution in [-0.4, -0.2) is 23.2 Å². The summed E-state index contributed by atoms with van der Waals surface area (Å²) in [4.78, 5) is 0. The van der Waals surface area contributed by atoms with Gasteiger partial charge in [-0.05, 0) is 37.4 Å². The predicted molar refractivity (Wildman–Crippen MR) is 71.5 cm³/mol. The van der Waals surface area contributed by atoms with E-state index in [1.165, 1.54) is 10.9 Å². The van der Waals surface area contributed by atoms with Gasteiger partial charge in [-0.3, -0.25) is 0 Å². The molecule has 0 saturated heterocycles. The molecule has 3 heteroatoms. The van der Waals surface area contributed by atoms with Crippen LogP contribution in [0.5, 0.6) is 5.75 Å². The monoisotopic (exact) mass is 235 g/mol. The number of hydrogen-bond donors (Lipinski definition) is 0. The Balaban J connectivity index is 2.27. The summed E-state index contributed by atoms with van der Waals surface area (Å²) in [6.45, 7) is 3.80. The molecule has 2 nitrogen and oxygen atoms in total. The molecule has 16 heavy (non-hydrogen) atoms. The molecule has 0 amide bonds. The average molecular weight is 235 g/mol. The van der Waals surface area contributed by atoms with E-state index >= 15 is 0 Å². The van der Waals surface area contributed by atoms with Crippen LogP contribution in [0.3, 0.4) is 0 Å². The number of aryl methyl sites for hydroxylation is 1. The molecule has 0 atom stereocenters. The molecule has 0 aliphatic heterocycles. The van der Waals surface area contributed by atoms with Gasteiger partial charge in [0.1, 0.15) is 5.75 Å². The van der Waals surface area contributed by atoms with E-state index in [-0.39, 0.29) is 0 Å². The minimum atomic E-state index is 0.721. The Kier molecular flexibility index (Phi) is 3.78. The minimum absolute atomic E-state index is 0.721. The van der Waals surface area contributed by atoms with Crippen LogP contribution in [0.2, 0.25) is 0 Å². The van der Waals surface area contributed by atoms with Gasteiger partial charge in [0.15, 0.2) is 0 Å². The Bertz CT molecular complexity index is 464. The summed E-state index contributed by atoms with van der Waals surface area (Å²) in [5.74, 6) is 2.11. The smallest absolute Gasteiger partial charge is 0.120 e. The highest BCUT2D eigenvalue weighted by Crippen LogP contribution is 2.22. The third kappa shape index (κ3) is 2.35. The van der Waals surface area contributed by atoms with Crippen molar-refractivity contribution < 1.29 is 4.74 Å². The Labute approximate surface area is 101 Å². The summed E-state index contributed by atoms with van der Waals surface area (Å²) in [5.41, 5.74) is 1.29. The molecular formula is C13H17NOS. The number of aromatic nitrogens is 1. The SMILES string of the molecule is CCOc1ccc2c(ccn2CCSC)c1. The van der Waals surface area contributed by atoms with E-state index in [4.69, 9.17) is 4.74 Å². The lowest BCUT2D eigenvalue weighted by atomic mass is 10.2. The molecule has 1 aromatic heterocycles. The summed E-state index contributed by atoms with van der Waals surface area (Å²) in [6, 6.07) is 8.44. The van der Waals surface area contributed by atoms with E-state index in [2.05, 4.69) is 35.2 Å². The van der Waals surface area contributed by atoms with Crippen molar-refractivity contribution in [2.24, 2.45) is 0 Å². The Morgan fingerprint density at radius 3 is 2.94 bits per heavy atom. The lowest BCUT2D eigenvalue weighted by molar-refractivity contribution is 0.340. The van der Waals surface area contributed by atoms with Gasteiger partial charge in [-0.25, -0.2) is 0 Å². The molecule has 1 aromatic carbocycles. The molecule has 0 aliphatic carbocycles. The predicted octanol–water partition coefficient (Wildman–Crippen LogP) is 3.40. The fraction of sp³-hybridized carbons (Fsp3) is 0.385. The van der Waals surface area contributed by atoms with Crippen LogP contribution < -0.4 is 4.74 Å². The van der Waals surface area contributed by atoms with Crippen molar-refractivity contribution in [1.29, 1.82) is 0 Å². The van der Waals surface area contributed by atoms with Crippen molar-refractivity contribution in [2.75, 3.05) is 18.6 Å². The van der Waals surface area contributed by atoms with Gasteiger partial charge < -0.3 is 9.30 Å². The molecule has 1 heterocycles. The van der Waals surface area contributed by atoms with E-state index in [0.29, 0.717) is 0 Å². The zero-order chi connectivity index (χ0) is 11.4. The van der Waals surface area contributed by atoms with Crippen molar-refractivity contribution in [2.45, 2.75) is 13.5 Å². The van der Waals surface area contributed by atoms with E-state index in [1.54, 1.807) is 0 Å². The number of fused-ring (bicyclic) bond motifs is 1. The number of hydrogen-bond acceptors (Lipinski definition) is 2. The van der Waals surface area contributed by atoms with Gasteiger partial charge in [-0.15, -0.1) is 0 Å². The molecule has 0 spiro atoms. The summed E-state index contributed by atoms with van der Waals surface area (Å²) < 4.78 is 7.78. The van der Waals surface area contributed by atoms with Gasteiger partial charge in [-0.2, -0.15) is 11.8 Å². The van der Waals surface area contributed by atoms with Crippen molar-refractivity contribution >= 4 is 22.7 Å². The van der Waals surface area contributed by atoms with E-state index in [9.17, 15) is 0 Å². The van der Waals surface area contributed by atoms with Crippen LogP contribution in [0.15, 0.2) is 30.5 Å². The first-order valence-electron chi connectivity index (χ1n) is 5.55. The van der Waals surface area contributed by atoms with Crippen molar-refractivity contribution in [3.63, 3.8) is 0 Å². The van der Waals surface area contributed by atoms with Crippen molar-refractivity contribution in [1.82, 2.24) is 4.57 Å². The molecule has 0 fully saturated rings. The molecule has 0 N–H and O–H groups in total. The Hall–Kier alpha value is -1.09. The molecule has 0 aliphatic rings. The van der Waals surface area contributed by atoms with Crippen LogP contribution in [0.25, 0.3) is 10.9 Å². The highest BCUT2D eigenvalue weighted by atomic mass is 32.2. The van der Waals surface area contributed by atoms with Gasteiger partial charge in [0.05, 0.1) is 6.61 Å². The van der Waals surface area contributed by atoms with Gasteiger partial charge in [-0.1, -0.05) is 0 Å². The number of nitrogens with zero attached hydrogens (tertiary/aromatic N) is 1. The van der Waals surface area contributed by atoms with Gasteiger partial charge in [0.25, 0.3) is 0 Å². The van der Waals surface area contributed by atoms with Crippen molar-refractivity contribution in [3.8, 4) is 5.75 Å². The third-order valence-corrected chi connectivity index (χ3v) is 3.18. The Morgan fingerprint density at radius 1 is 1.31 bits per heavy atom. The van der Waals surface area contributed by atoms with Crippen LogP contribution >= 0.6 is 11.8 Å². The summed E-state index contributed by atoms with van der Waals surface area (Å²) in [5, 5.41) is 1.26. The first kappa shape index (κ1) is 11.4. The van der Waals surface area contributed by atoms with Gasteiger partial charge in [0.2, 0.25) is 0 Å². The molecule has 2 rings (SSSR count). The van der Waals surface area contributed by atoms with Crippen LogP contribution in [0.4, 0.5) is 0 Å². The van der Waals surface area contributed by atoms with E-state index in [0.717, 1.165) is 24.7 Å². The fourth-order valence-electron chi connectivity index (χ4n) is 1.82. The molecule has 86 valence electrons. The highest BCUT2D eigenvalue weighted by Gasteiger charge is 2.02. The second-order valence-electron chi connectivity index (χ2n) is 3.66. The maximum Gasteiger partial charge on any atom is 0.120 e. The average Bonchev–Trinajstić information content (AvgIpc) is 2.69. The number of rotatable bonds is 5. The van der Waals surface area contributed by atoms with Crippen molar-refractivity contribution in [3.05, 3.63) is 30.5 Å². The lowest BCUT2D eigenvalue weighted by Gasteiger charge is -2.05. The minimum Gasteiger partial charge on any atom is -0.494 e. The second kappa shape index (κ2) is 5.30. The number of benzene rings is 1. The largest absolute Gasteiger partial charge is 0.494 e. The highest BCUT2D eigenvalue weighted by molar-refractivity contribution is 7.98. The number of ether oxygens (including phenoxy) is 1. The molecule has 0 bridgehead atoms. The normalized spacial score (nSPS) is 10.9. The van der Waals surface area contributed by atoms with Gasteiger partial charge in [0, 0.05) is 29.4 Å². The maximum absolute atomic E-state index is 5.49. The molecule has 0 unspecified atom stereocenters. The summed E-state index contributed by atoms with van der Waals surface area (Å²) in [6.07, 6.45) is 4.29. The second-order valence-corrected chi connectivity index (χ2v) is 4.64. The zero-order valence-electron chi connectivity index (χ0n) is 9.77. The van der Waals surface area contributed by atoms with Gasteiger partial charge >= 0.3 is 0 Å². The third-order valence-electron chi connectivity index (χ3n) is 2.59. The Morgan fingerprint density at radius 2 is 2.19 bits per heavy atom. The molecule has 2 aromatic rings. The zero-order valence-corrected chi connectivity index (χ0v) is 10.6. The first-order valence-corrected chi connectivity index (χ1v) is 6.95. The number of thioether (sulfide) groups is 1. The fourth-order valence-corrected chi connectivity index (χ4v) is 2.20. The standard InChI is InChI=1S/C13H17NOS/c1-3-15-12-4-5-13-11(10-12)6-7-14(13)8-9-16-2/h4-7,10H,3,8-9H2,1-2H3. The lowest BCUT2D eigenvalue weighted by Crippen LogP contribution is -1.98. The maximum atomic E-state index is 5.49. The molecule has 0 saturated carbocycles. The first-order chi connectivity index (χ1) is 7.85.